The summed E-state index contributed by atoms with van der Waals surface area (Å²) < 4.78 is 33.0. The molecule has 0 spiro atoms. The second-order valence-corrected chi connectivity index (χ2v) is 8.84. The third-order valence-corrected chi connectivity index (χ3v) is 6.87. The molecule has 29 heavy (non-hydrogen) atoms. The molecule has 2 aromatic rings. The van der Waals surface area contributed by atoms with Crippen molar-refractivity contribution >= 4 is 39.2 Å². The summed E-state index contributed by atoms with van der Waals surface area (Å²) in [4.78, 5) is 14.8. The Hall–Kier alpha value is -2.49. The predicted molar refractivity (Wildman–Crippen MR) is 111 cm³/mol. The van der Waals surface area contributed by atoms with Crippen LogP contribution in [-0.2, 0) is 10.0 Å². The standard InChI is InChI=1S/C19H20ClN3O5S/c1-28-15-6-8-17(19(12-15)29(26,27)22-9-3-2-4-10-22)21-13-14-5-7-16(20)18(11-14)23(24)25/h5-8,11-13H,2-4,9-10H2,1H3. The number of nitro benzene ring substituents is 1. The van der Waals surface area contributed by atoms with E-state index in [1.54, 1.807) is 18.2 Å². The van der Waals surface area contributed by atoms with E-state index >= 15 is 0 Å². The molecule has 3 rings (SSSR count). The van der Waals surface area contributed by atoms with E-state index in [1.165, 1.54) is 35.8 Å². The number of hydrogen-bond acceptors (Lipinski definition) is 6. The fourth-order valence-electron chi connectivity index (χ4n) is 3.07. The van der Waals surface area contributed by atoms with E-state index in [2.05, 4.69) is 4.99 Å². The summed E-state index contributed by atoms with van der Waals surface area (Å²) in [5.41, 5.74) is 0.415. The van der Waals surface area contributed by atoms with Gasteiger partial charge in [-0.25, -0.2) is 8.42 Å². The van der Waals surface area contributed by atoms with Gasteiger partial charge in [0.05, 0.1) is 17.7 Å². The molecule has 0 bridgehead atoms. The summed E-state index contributed by atoms with van der Waals surface area (Å²) in [6.45, 7) is 0.929. The maximum atomic E-state index is 13.2. The van der Waals surface area contributed by atoms with Gasteiger partial charge in [0.25, 0.3) is 5.69 Å². The Morgan fingerprint density at radius 3 is 2.55 bits per heavy atom. The molecule has 2 aromatic carbocycles. The highest BCUT2D eigenvalue weighted by Crippen LogP contribution is 2.32. The van der Waals surface area contributed by atoms with Gasteiger partial charge in [0.15, 0.2) is 0 Å². The van der Waals surface area contributed by atoms with E-state index in [0.29, 0.717) is 24.4 Å². The third-order valence-electron chi connectivity index (χ3n) is 4.62. The molecule has 1 aliphatic heterocycles. The number of rotatable bonds is 6. The van der Waals surface area contributed by atoms with E-state index in [0.717, 1.165) is 19.3 Å². The van der Waals surface area contributed by atoms with Crippen molar-refractivity contribution in [2.75, 3.05) is 20.2 Å². The van der Waals surface area contributed by atoms with Crippen LogP contribution in [0.3, 0.4) is 0 Å². The first-order valence-corrected chi connectivity index (χ1v) is 10.8. The van der Waals surface area contributed by atoms with Crippen molar-refractivity contribution in [3.8, 4) is 5.75 Å². The molecule has 0 aliphatic carbocycles. The monoisotopic (exact) mass is 437 g/mol. The lowest BCUT2D eigenvalue weighted by atomic mass is 10.2. The minimum Gasteiger partial charge on any atom is -0.497 e. The molecule has 0 saturated carbocycles. The van der Waals surface area contributed by atoms with Gasteiger partial charge in [0.1, 0.15) is 15.7 Å². The first-order valence-electron chi connectivity index (χ1n) is 8.99. The second kappa shape index (κ2) is 8.89. The maximum Gasteiger partial charge on any atom is 0.288 e. The average molecular weight is 438 g/mol. The van der Waals surface area contributed by atoms with Crippen LogP contribution in [0.5, 0.6) is 5.75 Å². The molecule has 1 heterocycles. The van der Waals surface area contributed by atoms with Gasteiger partial charge in [-0.1, -0.05) is 24.1 Å². The van der Waals surface area contributed by atoms with Crippen molar-refractivity contribution in [1.29, 1.82) is 0 Å². The summed E-state index contributed by atoms with van der Waals surface area (Å²) in [7, 11) is -2.29. The Balaban J connectivity index is 2.01. The zero-order valence-electron chi connectivity index (χ0n) is 15.7. The van der Waals surface area contributed by atoms with Crippen LogP contribution in [0.2, 0.25) is 5.02 Å². The number of aliphatic imine (C=N–C) groups is 1. The highest BCUT2D eigenvalue weighted by molar-refractivity contribution is 7.89. The molecular formula is C19H20ClN3O5S. The number of ether oxygens (including phenoxy) is 1. The van der Waals surface area contributed by atoms with Crippen LogP contribution in [0.25, 0.3) is 0 Å². The molecule has 0 unspecified atom stereocenters. The molecule has 10 heteroatoms. The molecule has 0 atom stereocenters. The van der Waals surface area contributed by atoms with Crippen LogP contribution in [0, 0.1) is 10.1 Å². The van der Waals surface area contributed by atoms with Gasteiger partial charge < -0.3 is 4.74 Å². The van der Waals surface area contributed by atoms with E-state index in [1.807, 2.05) is 0 Å². The lowest BCUT2D eigenvalue weighted by molar-refractivity contribution is -0.384. The molecule has 1 aliphatic rings. The van der Waals surface area contributed by atoms with Crippen LogP contribution in [-0.4, -0.2) is 44.1 Å². The Labute approximate surface area is 174 Å². The minimum atomic E-state index is -3.75. The third kappa shape index (κ3) is 4.75. The van der Waals surface area contributed by atoms with Crippen LogP contribution in [0.15, 0.2) is 46.3 Å². The zero-order chi connectivity index (χ0) is 21.0. The van der Waals surface area contributed by atoms with Crippen LogP contribution in [0.1, 0.15) is 24.8 Å². The fourth-order valence-corrected chi connectivity index (χ4v) is 4.93. The molecule has 0 radical (unpaired) electrons. The molecule has 1 fully saturated rings. The molecule has 154 valence electrons. The van der Waals surface area contributed by atoms with Crippen molar-refractivity contribution < 1.29 is 18.1 Å². The minimum absolute atomic E-state index is 0.0185. The quantitative estimate of drug-likeness (QED) is 0.383. The first kappa shape index (κ1) is 21.2. The number of hydrogen-bond donors (Lipinski definition) is 0. The number of piperidine rings is 1. The fraction of sp³-hybridized carbons (Fsp3) is 0.316. The molecule has 1 saturated heterocycles. The molecule has 0 N–H and O–H groups in total. The topological polar surface area (TPSA) is 102 Å². The van der Waals surface area contributed by atoms with Gasteiger partial charge >= 0.3 is 0 Å². The van der Waals surface area contributed by atoms with Crippen molar-refractivity contribution in [3.05, 3.63) is 57.1 Å². The predicted octanol–water partition coefficient (Wildman–Crippen LogP) is 4.18. The summed E-state index contributed by atoms with van der Waals surface area (Å²) in [6, 6.07) is 8.87. The largest absolute Gasteiger partial charge is 0.497 e. The van der Waals surface area contributed by atoms with E-state index in [4.69, 9.17) is 16.3 Å². The number of benzene rings is 2. The van der Waals surface area contributed by atoms with Crippen LogP contribution >= 0.6 is 11.6 Å². The Morgan fingerprint density at radius 1 is 1.17 bits per heavy atom. The summed E-state index contributed by atoms with van der Waals surface area (Å²) in [6.07, 6.45) is 4.01. The molecular weight excluding hydrogens is 418 g/mol. The normalized spacial score (nSPS) is 15.5. The number of sulfonamides is 1. The average Bonchev–Trinajstić information content (AvgIpc) is 2.73. The van der Waals surface area contributed by atoms with Gasteiger partial charge in [-0.2, -0.15) is 4.31 Å². The maximum absolute atomic E-state index is 13.2. The van der Waals surface area contributed by atoms with Crippen molar-refractivity contribution in [2.45, 2.75) is 24.2 Å². The second-order valence-electron chi connectivity index (χ2n) is 6.52. The van der Waals surface area contributed by atoms with Crippen LogP contribution in [0.4, 0.5) is 11.4 Å². The molecule has 0 amide bonds. The molecule has 0 aromatic heterocycles. The highest BCUT2D eigenvalue weighted by Gasteiger charge is 2.28. The zero-order valence-corrected chi connectivity index (χ0v) is 17.3. The lowest BCUT2D eigenvalue weighted by Crippen LogP contribution is -2.35. The summed E-state index contributed by atoms with van der Waals surface area (Å²) in [5.74, 6) is 0.404. The van der Waals surface area contributed by atoms with Gasteiger partial charge in [-0.05, 0) is 36.6 Å². The number of halogens is 1. The number of nitro groups is 1. The van der Waals surface area contributed by atoms with E-state index in [-0.39, 0.29) is 21.3 Å². The first-order chi connectivity index (χ1) is 13.8. The van der Waals surface area contributed by atoms with Crippen LogP contribution < -0.4 is 4.74 Å². The summed E-state index contributed by atoms with van der Waals surface area (Å²) >= 11 is 5.83. The summed E-state index contributed by atoms with van der Waals surface area (Å²) in [5, 5.41) is 11.1. The number of nitrogens with zero attached hydrogens (tertiary/aromatic N) is 3. The van der Waals surface area contributed by atoms with Crippen molar-refractivity contribution in [1.82, 2.24) is 4.31 Å². The van der Waals surface area contributed by atoms with Gasteiger partial charge in [0.2, 0.25) is 10.0 Å². The SMILES string of the molecule is COc1ccc(N=Cc2ccc(Cl)c([N+](=O)[O-])c2)c(S(=O)(=O)N2CCCCC2)c1. The Bertz CT molecular complexity index is 1050. The lowest BCUT2D eigenvalue weighted by Gasteiger charge is -2.26. The number of methoxy groups -OCH3 is 1. The Morgan fingerprint density at radius 2 is 1.90 bits per heavy atom. The molecule has 8 nitrogen and oxygen atoms in total. The Kier molecular flexibility index (Phi) is 6.51. The highest BCUT2D eigenvalue weighted by atomic mass is 35.5. The van der Waals surface area contributed by atoms with Gasteiger partial charge in [0, 0.05) is 31.4 Å². The smallest absolute Gasteiger partial charge is 0.288 e. The van der Waals surface area contributed by atoms with E-state index < -0.39 is 14.9 Å². The van der Waals surface area contributed by atoms with E-state index in [9.17, 15) is 18.5 Å². The van der Waals surface area contributed by atoms with Crippen molar-refractivity contribution in [2.24, 2.45) is 4.99 Å². The van der Waals surface area contributed by atoms with Crippen molar-refractivity contribution in [3.63, 3.8) is 0 Å². The van der Waals surface area contributed by atoms with Gasteiger partial charge in [-0.3, -0.25) is 15.1 Å². The van der Waals surface area contributed by atoms with Gasteiger partial charge in [-0.15, -0.1) is 0 Å².